The van der Waals surface area contributed by atoms with Gasteiger partial charge in [-0.05, 0) is 23.8 Å². The average Bonchev–Trinajstić information content (AvgIpc) is 2.93. The summed E-state index contributed by atoms with van der Waals surface area (Å²) in [4.78, 5) is 14.8. The summed E-state index contributed by atoms with van der Waals surface area (Å²) < 4.78 is 4.61. The number of phenols is 2. The Morgan fingerprint density at radius 2 is 1.95 bits per heavy atom. The number of para-hydroxylation sites is 1. The van der Waals surface area contributed by atoms with E-state index < -0.39 is 11.7 Å². The first-order valence-corrected chi connectivity index (χ1v) is 6.32. The molecule has 3 aromatic rings. The Morgan fingerprint density at radius 3 is 2.71 bits per heavy atom. The molecule has 0 amide bonds. The van der Waals surface area contributed by atoms with Gasteiger partial charge >= 0.3 is 5.97 Å². The number of aromatic hydroxyl groups is 2. The van der Waals surface area contributed by atoms with Gasteiger partial charge in [-0.2, -0.15) is 0 Å². The predicted octanol–water partition coefficient (Wildman–Crippen LogP) is 3.03. The van der Waals surface area contributed by atoms with E-state index in [1.165, 1.54) is 19.2 Å². The van der Waals surface area contributed by atoms with Crippen molar-refractivity contribution in [3.05, 3.63) is 48.2 Å². The van der Waals surface area contributed by atoms with E-state index in [4.69, 9.17) is 0 Å². The van der Waals surface area contributed by atoms with Crippen molar-refractivity contribution in [2.75, 3.05) is 7.11 Å². The summed E-state index contributed by atoms with van der Waals surface area (Å²) >= 11 is 0. The molecule has 2 aromatic carbocycles. The van der Waals surface area contributed by atoms with Crippen LogP contribution in [0.3, 0.4) is 0 Å². The molecule has 0 spiro atoms. The minimum absolute atomic E-state index is 0.0715. The molecule has 0 aliphatic rings. The van der Waals surface area contributed by atoms with Gasteiger partial charge in [0.25, 0.3) is 0 Å². The van der Waals surface area contributed by atoms with Crippen molar-refractivity contribution in [2.45, 2.75) is 0 Å². The Hall–Kier alpha value is -2.95. The maximum absolute atomic E-state index is 11.7. The normalized spacial score (nSPS) is 10.7. The van der Waals surface area contributed by atoms with Crippen molar-refractivity contribution >= 4 is 16.9 Å². The van der Waals surface area contributed by atoms with Crippen molar-refractivity contribution in [3.8, 4) is 22.6 Å². The fraction of sp³-hybridized carbons (Fsp3) is 0.0625. The Balaban J connectivity index is 2.23. The molecule has 0 saturated heterocycles. The van der Waals surface area contributed by atoms with Crippen molar-refractivity contribution in [1.82, 2.24) is 4.98 Å². The zero-order valence-electron chi connectivity index (χ0n) is 11.3. The molecular weight excluding hydrogens is 270 g/mol. The molecule has 0 fully saturated rings. The third-order valence-electron chi connectivity index (χ3n) is 3.40. The standard InChI is InChI=1S/C16H13NO4/c1-21-16(20)11-6-9(7-14(18)15(11)19)12-8-17-13-5-3-2-4-10(12)13/h2-8,17-19H,1H3. The number of fused-ring (bicyclic) bond motifs is 1. The number of benzene rings is 2. The molecule has 0 saturated carbocycles. The summed E-state index contributed by atoms with van der Waals surface area (Å²) in [7, 11) is 1.22. The van der Waals surface area contributed by atoms with Gasteiger partial charge in [0.1, 0.15) is 5.56 Å². The number of hydrogen-bond donors (Lipinski definition) is 3. The number of nitrogens with one attached hydrogen (secondary N) is 1. The van der Waals surface area contributed by atoms with Gasteiger partial charge in [-0.25, -0.2) is 4.79 Å². The van der Waals surface area contributed by atoms with E-state index in [2.05, 4.69) is 9.72 Å². The van der Waals surface area contributed by atoms with Crippen LogP contribution < -0.4 is 0 Å². The van der Waals surface area contributed by atoms with E-state index >= 15 is 0 Å². The molecule has 0 bridgehead atoms. The molecule has 0 atom stereocenters. The third kappa shape index (κ3) is 2.08. The van der Waals surface area contributed by atoms with E-state index in [-0.39, 0.29) is 11.3 Å². The summed E-state index contributed by atoms with van der Waals surface area (Å²) in [5.74, 6) is -1.55. The van der Waals surface area contributed by atoms with Crippen molar-refractivity contribution in [1.29, 1.82) is 0 Å². The highest BCUT2D eigenvalue weighted by Crippen LogP contribution is 2.37. The van der Waals surface area contributed by atoms with Crippen LogP contribution in [0, 0.1) is 0 Å². The van der Waals surface area contributed by atoms with Crippen LogP contribution in [0.25, 0.3) is 22.0 Å². The van der Waals surface area contributed by atoms with Gasteiger partial charge in [-0.1, -0.05) is 18.2 Å². The smallest absolute Gasteiger partial charge is 0.341 e. The molecule has 0 aliphatic carbocycles. The number of carbonyl (C=O) groups is 1. The van der Waals surface area contributed by atoms with Gasteiger partial charge < -0.3 is 19.9 Å². The molecule has 3 N–H and O–H groups in total. The third-order valence-corrected chi connectivity index (χ3v) is 3.40. The lowest BCUT2D eigenvalue weighted by atomic mass is 10.0. The van der Waals surface area contributed by atoms with Gasteiger partial charge in [0.05, 0.1) is 7.11 Å². The molecule has 3 rings (SSSR count). The largest absolute Gasteiger partial charge is 0.504 e. The average molecular weight is 283 g/mol. The number of esters is 1. The zero-order valence-corrected chi connectivity index (χ0v) is 11.3. The molecule has 1 aromatic heterocycles. The molecule has 5 nitrogen and oxygen atoms in total. The quantitative estimate of drug-likeness (QED) is 0.498. The number of ether oxygens (including phenoxy) is 1. The second-order valence-corrected chi connectivity index (χ2v) is 4.63. The van der Waals surface area contributed by atoms with E-state index in [0.717, 1.165) is 16.5 Å². The maximum atomic E-state index is 11.7. The fourth-order valence-corrected chi connectivity index (χ4v) is 2.35. The molecule has 1 heterocycles. The molecule has 0 unspecified atom stereocenters. The number of carbonyl (C=O) groups excluding carboxylic acids is 1. The van der Waals surface area contributed by atoms with Crippen molar-refractivity contribution in [3.63, 3.8) is 0 Å². The predicted molar refractivity (Wildman–Crippen MR) is 78.4 cm³/mol. The van der Waals surface area contributed by atoms with Crippen LogP contribution in [0.5, 0.6) is 11.5 Å². The molecule has 106 valence electrons. The Kier molecular flexibility index (Phi) is 3.02. The van der Waals surface area contributed by atoms with Gasteiger partial charge in [0, 0.05) is 22.7 Å². The maximum Gasteiger partial charge on any atom is 0.341 e. The number of rotatable bonds is 2. The van der Waals surface area contributed by atoms with E-state index in [9.17, 15) is 15.0 Å². The minimum atomic E-state index is -0.704. The van der Waals surface area contributed by atoms with Crippen LogP contribution in [-0.2, 0) is 4.74 Å². The Labute approximate surface area is 120 Å². The number of aromatic amines is 1. The number of phenolic OH excluding ortho intramolecular Hbond substituents is 2. The lowest BCUT2D eigenvalue weighted by molar-refractivity contribution is 0.0596. The van der Waals surface area contributed by atoms with E-state index in [1.54, 1.807) is 6.20 Å². The lowest BCUT2D eigenvalue weighted by Gasteiger charge is -2.08. The van der Waals surface area contributed by atoms with Gasteiger partial charge in [-0.3, -0.25) is 0 Å². The van der Waals surface area contributed by atoms with Crippen molar-refractivity contribution in [2.24, 2.45) is 0 Å². The number of aromatic nitrogens is 1. The summed E-state index contributed by atoms with van der Waals surface area (Å²) in [6, 6.07) is 10.6. The zero-order chi connectivity index (χ0) is 15.0. The highest BCUT2D eigenvalue weighted by Gasteiger charge is 2.18. The van der Waals surface area contributed by atoms with Crippen LogP contribution >= 0.6 is 0 Å². The Bertz CT molecular complexity index is 835. The van der Waals surface area contributed by atoms with Crippen LogP contribution in [0.4, 0.5) is 0 Å². The Morgan fingerprint density at radius 1 is 1.19 bits per heavy atom. The van der Waals surface area contributed by atoms with Crippen LogP contribution in [0.2, 0.25) is 0 Å². The number of H-pyrrole nitrogens is 1. The van der Waals surface area contributed by atoms with E-state index in [0.29, 0.717) is 5.56 Å². The molecule has 5 heteroatoms. The number of hydrogen-bond acceptors (Lipinski definition) is 4. The second kappa shape index (κ2) is 4.86. The SMILES string of the molecule is COC(=O)c1cc(-c2c[nH]c3ccccc23)cc(O)c1O. The molecular formula is C16H13NO4. The second-order valence-electron chi connectivity index (χ2n) is 4.63. The summed E-state index contributed by atoms with van der Waals surface area (Å²) in [5.41, 5.74) is 2.31. The molecule has 21 heavy (non-hydrogen) atoms. The lowest BCUT2D eigenvalue weighted by Crippen LogP contribution is -2.02. The van der Waals surface area contributed by atoms with Gasteiger partial charge in [0.15, 0.2) is 11.5 Å². The van der Waals surface area contributed by atoms with Gasteiger partial charge in [0.2, 0.25) is 0 Å². The number of methoxy groups -OCH3 is 1. The molecule has 0 radical (unpaired) electrons. The monoisotopic (exact) mass is 283 g/mol. The molecule has 0 aliphatic heterocycles. The van der Waals surface area contributed by atoms with Crippen LogP contribution in [0.15, 0.2) is 42.6 Å². The summed E-state index contributed by atoms with van der Waals surface area (Å²) in [6.45, 7) is 0. The topological polar surface area (TPSA) is 82.6 Å². The highest BCUT2D eigenvalue weighted by molar-refractivity contribution is 5.99. The minimum Gasteiger partial charge on any atom is -0.504 e. The van der Waals surface area contributed by atoms with E-state index in [1.807, 2.05) is 24.3 Å². The van der Waals surface area contributed by atoms with Crippen LogP contribution in [-0.4, -0.2) is 28.3 Å². The van der Waals surface area contributed by atoms with Gasteiger partial charge in [-0.15, -0.1) is 0 Å². The fourth-order valence-electron chi connectivity index (χ4n) is 2.35. The first-order valence-electron chi connectivity index (χ1n) is 6.32. The first-order chi connectivity index (χ1) is 10.1. The highest BCUT2D eigenvalue weighted by atomic mass is 16.5. The first kappa shape index (κ1) is 13.1. The van der Waals surface area contributed by atoms with Crippen molar-refractivity contribution < 1.29 is 19.7 Å². The summed E-state index contributed by atoms with van der Waals surface area (Å²) in [5, 5.41) is 20.6. The van der Waals surface area contributed by atoms with Crippen LogP contribution in [0.1, 0.15) is 10.4 Å². The summed E-state index contributed by atoms with van der Waals surface area (Å²) in [6.07, 6.45) is 1.79.